The summed E-state index contributed by atoms with van der Waals surface area (Å²) in [7, 11) is 0. The van der Waals surface area contributed by atoms with Crippen molar-refractivity contribution in [3.63, 3.8) is 0 Å². The smallest absolute Gasteiger partial charge is 0.197 e. The summed E-state index contributed by atoms with van der Waals surface area (Å²) in [6, 6.07) is 4.91. The molecule has 0 spiro atoms. The molecule has 0 saturated carbocycles. The van der Waals surface area contributed by atoms with Gasteiger partial charge in [-0.05, 0) is 19.1 Å². The van der Waals surface area contributed by atoms with E-state index in [0.717, 1.165) is 5.56 Å². The van der Waals surface area contributed by atoms with Crippen molar-refractivity contribution >= 4 is 5.95 Å². The number of rotatable bonds is 1. The summed E-state index contributed by atoms with van der Waals surface area (Å²) in [5.41, 5.74) is 7.51. The fourth-order valence-corrected chi connectivity index (χ4v) is 1.32. The molecule has 4 heteroatoms. The van der Waals surface area contributed by atoms with Gasteiger partial charge in [0.1, 0.15) is 5.82 Å². The number of aryl methyl sites for hydroxylation is 1. The van der Waals surface area contributed by atoms with Crippen LogP contribution in [-0.2, 0) is 0 Å². The number of hydrogen-bond acceptors (Lipinski definition) is 2. The molecule has 0 fully saturated rings. The van der Waals surface area contributed by atoms with E-state index in [-0.39, 0.29) is 5.82 Å². The highest BCUT2D eigenvalue weighted by molar-refractivity contribution is 5.61. The van der Waals surface area contributed by atoms with Gasteiger partial charge in [-0.2, -0.15) is 0 Å². The van der Waals surface area contributed by atoms with Crippen LogP contribution in [0.15, 0.2) is 24.4 Å². The molecule has 72 valence electrons. The Morgan fingerprint density at radius 3 is 2.86 bits per heavy atom. The summed E-state index contributed by atoms with van der Waals surface area (Å²) in [6.45, 7) is 1.91. The fourth-order valence-electron chi connectivity index (χ4n) is 1.32. The van der Waals surface area contributed by atoms with Crippen LogP contribution in [0.5, 0.6) is 0 Å². The van der Waals surface area contributed by atoms with Crippen LogP contribution in [0.2, 0.25) is 0 Å². The molecule has 0 aliphatic carbocycles. The van der Waals surface area contributed by atoms with Crippen molar-refractivity contribution in [3.05, 3.63) is 35.8 Å². The average molecular weight is 191 g/mol. The molecule has 2 rings (SSSR count). The second-order valence-electron chi connectivity index (χ2n) is 3.17. The van der Waals surface area contributed by atoms with Gasteiger partial charge in [0.15, 0.2) is 5.95 Å². The van der Waals surface area contributed by atoms with Crippen LogP contribution in [0.25, 0.3) is 11.3 Å². The van der Waals surface area contributed by atoms with Crippen molar-refractivity contribution in [1.29, 1.82) is 0 Å². The maximum atomic E-state index is 13.4. The van der Waals surface area contributed by atoms with Crippen LogP contribution in [-0.4, -0.2) is 9.97 Å². The predicted molar refractivity (Wildman–Crippen MR) is 53.1 cm³/mol. The molecule has 3 nitrogen and oxygen atoms in total. The van der Waals surface area contributed by atoms with E-state index in [1.54, 1.807) is 12.1 Å². The first-order valence-corrected chi connectivity index (χ1v) is 4.24. The van der Waals surface area contributed by atoms with Crippen molar-refractivity contribution in [2.45, 2.75) is 6.92 Å². The lowest BCUT2D eigenvalue weighted by Gasteiger charge is -2.00. The molecule has 0 amide bonds. The normalized spacial score (nSPS) is 10.4. The van der Waals surface area contributed by atoms with Gasteiger partial charge < -0.3 is 10.7 Å². The first kappa shape index (κ1) is 8.74. The molecule has 0 aliphatic rings. The molecule has 0 aliphatic heterocycles. The molecular formula is C10H10FN3. The Morgan fingerprint density at radius 1 is 1.43 bits per heavy atom. The van der Waals surface area contributed by atoms with Gasteiger partial charge >= 0.3 is 0 Å². The zero-order valence-electron chi connectivity index (χ0n) is 7.71. The number of nitrogens with two attached hydrogens (primary N) is 1. The summed E-state index contributed by atoms with van der Waals surface area (Å²) in [5, 5.41) is 0. The number of imidazole rings is 1. The van der Waals surface area contributed by atoms with Crippen LogP contribution in [0.4, 0.5) is 10.3 Å². The molecule has 0 atom stereocenters. The number of halogens is 1. The number of aromatic amines is 1. The van der Waals surface area contributed by atoms with Crippen molar-refractivity contribution < 1.29 is 4.39 Å². The number of nitrogens with one attached hydrogen (secondary N) is 1. The molecule has 3 N–H and O–H groups in total. The third-order valence-electron chi connectivity index (χ3n) is 2.01. The minimum absolute atomic E-state index is 0.278. The van der Waals surface area contributed by atoms with Crippen LogP contribution in [0.3, 0.4) is 0 Å². The molecule has 1 aromatic heterocycles. The van der Waals surface area contributed by atoms with Gasteiger partial charge in [0.05, 0.1) is 11.9 Å². The van der Waals surface area contributed by atoms with Gasteiger partial charge in [-0.1, -0.05) is 11.6 Å². The molecule has 14 heavy (non-hydrogen) atoms. The Kier molecular flexibility index (Phi) is 1.96. The minimum Gasteiger partial charge on any atom is -0.369 e. The van der Waals surface area contributed by atoms with Crippen molar-refractivity contribution in [1.82, 2.24) is 9.97 Å². The highest BCUT2D eigenvalue weighted by Gasteiger charge is 2.07. The molecule has 2 aromatic rings. The molecule has 0 radical (unpaired) electrons. The van der Waals surface area contributed by atoms with E-state index < -0.39 is 0 Å². The van der Waals surface area contributed by atoms with Crippen molar-refractivity contribution in [2.24, 2.45) is 0 Å². The van der Waals surface area contributed by atoms with E-state index in [4.69, 9.17) is 5.73 Å². The van der Waals surface area contributed by atoms with E-state index >= 15 is 0 Å². The fraction of sp³-hybridized carbons (Fsp3) is 0.100. The van der Waals surface area contributed by atoms with E-state index in [9.17, 15) is 4.39 Å². The Bertz CT molecular complexity index is 462. The van der Waals surface area contributed by atoms with Crippen molar-refractivity contribution in [2.75, 3.05) is 5.73 Å². The highest BCUT2D eigenvalue weighted by atomic mass is 19.1. The molecule has 0 unspecified atom stereocenters. The Labute approximate surface area is 80.8 Å². The number of nitrogen functional groups attached to an aromatic ring is 1. The van der Waals surface area contributed by atoms with Crippen LogP contribution in [0, 0.1) is 12.7 Å². The van der Waals surface area contributed by atoms with Gasteiger partial charge in [-0.25, -0.2) is 9.37 Å². The average Bonchev–Trinajstić information content (AvgIpc) is 2.56. The number of nitrogens with zero attached hydrogens (tertiary/aromatic N) is 1. The van der Waals surface area contributed by atoms with Gasteiger partial charge in [-0.3, -0.25) is 0 Å². The summed E-state index contributed by atoms with van der Waals surface area (Å²) >= 11 is 0. The Morgan fingerprint density at radius 2 is 2.21 bits per heavy atom. The summed E-state index contributed by atoms with van der Waals surface area (Å²) in [5.74, 6) is 0.0140. The van der Waals surface area contributed by atoms with Crippen molar-refractivity contribution in [3.8, 4) is 11.3 Å². The summed E-state index contributed by atoms with van der Waals surface area (Å²) < 4.78 is 13.4. The van der Waals surface area contributed by atoms with E-state index in [2.05, 4.69) is 9.97 Å². The SMILES string of the molecule is Cc1ccc(F)c(-c2cnc(N)[nH]2)c1. The third kappa shape index (κ3) is 1.46. The van der Waals surface area contributed by atoms with Gasteiger partial charge in [0.2, 0.25) is 0 Å². The highest BCUT2D eigenvalue weighted by Crippen LogP contribution is 2.22. The van der Waals surface area contributed by atoms with E-state index in [1.165, 1.54) is 12.3 Å². The second-order valence-corrected chi connectivity index (χ2v) is 3.17. The third-order valence-corrected chi connectivity index (χ3v) is 2.01. The second kappa shape index (κ2) is 3.14. The summed E-state index contributed by atoms with van der Waals surface area (Å²) in [4.78, 5) is 6.61. The molecular weight excluding hydrogens is 181 g/mol. The first-order valence-electron chi connectivity index (χ1n) is 4.24. The largest absolute Gasteiger partial charge is 0.369 e. The van der Waals surface area contributed by atoms with Gasteiger partial charge in [-0.15, -0.1) is 0 Å². The number of aromatic nitrogens is 2. The standard InChI is InChI=1S/C10H10FN3/c1-6-2-3-8(11)7(4-6)9-5-13-10(12)14-9/h2-5H,1H3,(H3,12,13,14). The minimum atomic E-state index is -0.278. The quantitative estimate of drug-likeness (QED) is 0.725. The maximum absolute atomic E-state index is 13.4. The zero-order valence-corrected chi connectivity index (χ0v) is 7.71. The Hall–Kier alpha value is -1.84. The van der Waals surface area contributed by atoms with Gasteiger partial charge in [0.25, 0.3) is 0 Å². The molecule has 1 aromatic carbocycles. The van der Waals surface area contributed by atoms with E-state index in [0.29, 0.717) is 17.2 Å². The van der Waals surface area contributed by atoms with Crippen LogP contribution in [0.1, 0.15) is 5.56 Å². The summed E-state index contributed by atoms with van der Waals surface area (Å²) in [6.07, 6.45) is 1.52. The maximum Gasteiger partial charge on any atom is 0.197 e. The lowest BCUT2D eigenvalue weighted by molar-refractivity contribution is 0.630. The predicted octanol–water partition coefficient (Wildman–Crippen LogP) is 2.11. The number of H-pyrrole nitrogens is 1. The lowest BCUT2D eigenvalue weighted by atomic mass is 10.1. The lowest BCUT2D eigenvalue weighted by Crippen LogP contribution is -1.88. The monoisotopic (exact) mass is 191 g/mol. The number of benzene rings is 1. The number of anilines is 1. The molecule has 1 heterocycles. The van der Waals surface area contributed by atoms with Crippen LogP contribution < -0.4 is 5.73 Å². The molecule has 0 saturated heterocycles. The van der Waals surface area contributed by atoms with Gasteiger partial charge in [0, 0.05) is 5.56 Å². The topological polar surface area (TPSA) is 54.7 Å². The van der Waals surface area contributed by atoms with Crippen LogP contribution >= 0.6 is 0 Å². The zero-order chi connectivity index (χ0) is 10.1. The Balaban J connectivity index is 2.55. The number of hydrogen-bond donors (Lipinski definition) is 2. The molecule has 0 bridgehead atoms. The van der Waals surface area contributed by atoms with E-state index in [1.807, 2.05) is 6.92 Å². The first-order chi connectivity index (χ1) is 6.66.